The summed E-state index contributed by atoms with van der Waals surface area (Å²) >= 11 is 5.74. The van der Waals surface area contributed by atoms with Gasteiger partial charge in [-0.1, -0.05) is 13.0 Å². The lowest BCUT2D eigenvalue weighted by Gasteiger charge is -2.21. The molecule has 1 rings (SSSR count). The molecule has 4 nitrogen and oxygen atoms in total. The maximum Gasteiger partial charge on any atom is 0.227 e. The van der Waals surface area contributed by atoms with E-state index in [9.17, 15) is 4.79 Å². The third-order valence-corrected chi connectivity index (χ3v) is 3.17. The van der Waals surface area contributed by atoms with Gasteiger partial charge in [0.1, 0.15) is 0 Å². The van der Waals surface area contributed by atoms with Crippen LogP contribution in [0.15, 0.2) is 18.2 Å². The number of carbonyl (C=O) groups excluding carboxylic acids is 1. The smallest absolute Gasteiger partial charge is 0.227 e. The van der Waals surface area contributed by atoms with Gasteiger partial charge in [-0.25, -0.2) is 0 Å². The van der Waals surface area contributed by atoms with Gasteiger partial charge >= 0.3 is 0 Å². The summed E-state index contributed by atoms with van der Waals surface area (Å²) in [4.78, 5) is 14.0. The zero-order valence-electron chi connectivity index (χ0n) is 12.3. The third kappa shape index (κ3) is 4.60. The number of ether oxygens (including phenoxy) is 2. The zero-order valence-corrected chi connectivity index (χ0v) is 13.1. The molecule has 20 heavy (non-hydrogen) atoms. The molecular weight excluding hydrogens is 278 g/mol. The lowest BCUT2D eigenvalue weighted by molar-refractivity contribution is -0.130. The Morgan fingerprint density at radius 3 is 2.45 bits per heavy atom. The van der Waals surface area contributed by atoms with Gasteiger partial charge in [-0.05, 0) is 24.1 Å². The van der Waals surface area contributed by atoms with Gasteiger partial charge in [-0.2, -0.15) is 0 Å². The summed E-state index contributed by atoms with van der Waals surface area (Å²) in [7, 11) is 3.17. The van der Waals surface area contributed by atoms with Crippen molar-refractivity contribution in [3.63, 3.8) is 0 Å². The molecule has 0 spiro atoms. The fourth-order valence-corrected chi connectivity index (χ4v) is 2.21. The third-order valence-electron chi connectivity index (χ3n) is 3.00. The second-order valence-corrected chi connectivity index (χ2v) is 4.81. The highest BCUT2D eigenvalue weighted by Crippen LogP contribution is 2.27. The van der Waals surface area contributed by atoms with Gasteiger partial charge in [0, 0.05) is 19.0 Å². The maximum absolute atomic E-state index is 12.2. The minimum absolute atomic E-state index is 0.0831. The van der Waals surface area contributed by atoms with Crippen LogP contribution in [0.2, 0.25) is 0 Å². The fourth-order valence-electron chi connectivity index (χ4n) is 2.01. The fraction of sp³-hybridized carbons (Fsp3) is 0.533. The number of rotatable bonds is 8. The largest absolute Gasteiger partial charge is 0.493 e. The van der Waals surface area contributed by atoms with Crippen molar-refractivity contribution < 1.29 is 14.3 Å². The van der Waals surface area contributed by atoms with E-state index in [0.717, 1.165) is 18.5 Å². The summed E-state index contributed by atoms with van der Waals surface area (Å²) < 4.78 is 10.4. The van der Waals surface area contributed by atoms with E-state index in [0.29, 0.717) is 30.3 Å². The Labute approximate surface area is 125 Å². The van der Waals surface area contributed by atoms with Gasteiger partial charge in [0.05, 0.1) is 20.6 Å². The van der Waals surface area contributed by atoms with Gasteiger partial charge in [0.2, 0.25) is 5.91 Å². The first-order chi connectivity index (χ1) is 9.65. The van der Waals surface area contributed by atoms with Crippen molar-refractivity contribution in [1.29, 1.82) is 0 Å². The molecule has 0 heterocycles. The van der Waals surface area contributed by atoms with Gasteiger partial charge in [-0.15, -0.1) is 11.6 Å². The monoisotopic (exact) mass is 299 g/mol. The summed E-state index contributed by atoms with van der Waals surface area (Å²) in [5.74, 6) is 1.84. The minimum Gasteiger partial charge on any atom is -0.493 e. The van der Waals surface area contributed by atoms with Crippen molar-refractivity contribution in [2.45, 2.75) is 19.8 Å². The molecule has 1 amide bonds. The molecule has 0 atom stereocenters. The minimum atomic E-state index is 0.0831. The average Bonchev–Trinajstić information content (AvgIpc) is 2.46. The second-order valence-electron chi connectivity index (χ2n) is 4.44. The highest BCUT2D eigenvalue weighted by molar-refractivity contribution is 6.18. The second kappa shape index (κ2) is 8.69. The first kappa shape index (κ1) is 16.6. The Morgan fingerprint density at radius 1 is 1.20 bits per heavy atom. The molecule has 0 fully saturated rings. The normalized spacial score (nSPS) is 10.2. The zero-order chi connectivity index (χ0) is 15.0. The van der Waals surface area contributed by atoms with E-state index in [1.807, 2.05) is 25.1 Å². The van der Waals surface area contributed by atoms with Crippen molar-refractivity contribution in [3.8, 4) is 11.5 Å². The van der Waals surface area contributed by atoms with Crippen LogP contribution in [0.3, 0.4) is 0 Å². The summed E-state index contributed by atoms with van der Waals surface area (Å²) in [6.07, 6.45) is 1.27. The quantitative estimate of drug-likeness (QED) is 0.693. The topological polar surface area (TPSA) is 38.8 Å². The number of benzene rings is 1. The Morgan fingerprint density at radius 2 is 1.90 bits per heavy atom. The van der Waals surface area contributed by atoms with Crippen LogP contribution in [0.1, 0.15) is 18.9 Å². The number of hydrogen-bond acceptors (Lipinski definition) is 3. The molecule has 0 aromatic heterocycles. The van der Waals surface area contributed by atoms with Crippen molar-refractivity contribution in [2.24, 2.45) is 0 Å². The molecular formula is C15H22ClNO3. The van der Waals surface area contributed by atoms with E-state index < -0.39 is 0 Å². The standard InChI is InChI=1S/C15H22ClNO3/c1-4-8-17(9-7-16)15(18)11-12-5-6-13(19-2)14(10-12)20-3/h5-6,10H,4,7-9,11H2,1-3H3. The number of methoxy groups -OCH3 is 2. The van der Waals surface area contributed by atoms with E-state index in [4.69, 9.17) is 21.1 Å². The summed E-state index contributed by atoms with van der Waals surface area (Å²) in [5.41, 5.74) is 0.906. The average molecular weight is 300 g/mol. The molecule has 0 bridgehead atoms. The highest BCUT2D eigenvalue weighted by Gasteiger charge is 2.14. The molecule has 0 saturated carbocycles. The van der Waals surface area contributed by atoms with Crippen LogP contribution in [0.25, 0.3) is 0 Å². The van der Waals surface area contributed by atoms with E-state index in [2.05, 4.69) is 0 Å². The van der Waals surface area contributed by atoms with Crippen molar-refractivity contribution >= 4 is 17.5 Å². The summed E-state index contributed by atoms with van der Waals surface area (Å²) in [6, 6.07) is 5.53. The molecule has 112 valence electrons. The van der Waals surface area contributed by atoms with Crippen LogP contribution < -0.4 is 9.47 Å². The SMILES string of the molecule is CCCN(CCCl)C(=O)Cc1ccc(OC)c(OC)c1. The van der Waals surface area contributed by atoms with Gasteiger partial charge < -0.3 is 14.4 Å². The van der Waals surface area contributed by atoms with Crippen LogP contribution in [-0.4, -0.2) is 44.0 Å². The first-order valence-corrected chi connectivity index (χ1v) is 7.24. The van der Waals surface area contributed by atoms with Crippen molar-refractivity contribution in [2.75, 3.05) is 33.2 Å². The van der Waals surface area contributed by atoms with Crippen LogP contribution in [0.5, 0.6) is 11.5 Å². The van der Waals surface area contributed by atoms with E-state index in [1.54, 1.807) is 19.1 Å². The summed E-state index contributed by atoms with van der Waals surface area (Å²) in [6.45, 7) is 3.37. The van der Waals surface area contributed by atoms with Crippen LogP contribution in [0, 0.1) is 0 Å². The van der Waals surface area contributed by atoms with Crippen molar-refractivity contribution in [3.05, 3.63) is 23.8 Å². The molecule has 0 aliphatic carbocycles. The van der Waals surface area contributed by atoms with Gasteiger partial charge in [0.15, 0.2) is 11.5 Å². The molecule has 1 aromatic rings. The molecule has 0 saturated heterocycles. The maximum atomic E-state index is 12.2. The predicted octanol–water partition coefficient (Wildman–Crippen LogP) is 2.72. The van der Waals surface area contributed by atoms with Gasteiger partial charge in [-0.3, -0.25) is 4.79 Å². The summed E-state index contributed by atoms with van der Waals surface area (Å²) in [5, 5.41) is 0. The Kier molecular flexibility index (Phi) is 7.23. The molecule has 1 aromatic carbocycles. The number of amides is 1. The molecule has 0 unspecified atom stereocenters. The Balaban J connectivity index is 2.78. The van der Waals surface area contributed by atoms with Crippen LogP contribution in [0.4, 0.5) is 0 Å². The lowest BCUT2D eigenvalue weighted by atomic mass is 10.1. The number of hydrogen-bond donors (Lipinski definition) is 0. The molecule has 0 radical (unpaired) electrons. The van der Waals surface area contributed by atoms with Crippen LogP contribution in [-0.2, 0) is 11.2 Å². The number of alkyl halides is 1. The molecule has 5 heteroatoms. The number of carbonyl (C=O) groups is 1. The van der Waals surface area contributed by atoms with E-state index in [-0.39, 0.29) is 5.91 Å². The molecule has 0 aliphatic heterocycles. The Hall–Kier alpha value is -1.42. The predicted molar refractivity (Wildman–Crippen MR) is 80.8 cm³/mol. The first-order valence-electron chi connectivity index (χ1n) is 6.70. The highest BCUT2D eigenvalue weighted by atomic mass is 35.5. The van der Waals surface area contributed by atoms with E-state index >= 15 is 0 Å². The Bertz CT molecular complexity index is 431. The van der Waals surface area contributed by atoms with E-state index in [1.165, 1.54) is 0 Å². The number of halogens is 1. The molecule has 0 aliphatic rings. The van der Waals surface area contributed by atoms with Crippen molar-refractivity contribution in [1.82, 2.24) is 4.90 Å². The van der Waals surface area contributed by atoms with Crippen LogP contribution >= 0.6 is 11.6 Å². The lowest BCUT2D eigenvalue weighted by Crippen LogP contribution is -2.34. The number of nitrogens with zero attached hydrogens (tertiary/aromatic N) is 1. The van der Waals surface area contributed by atoms with Gasteiger partial charge in [0.25, 0.3) is 0 Å². The molecule has 0 N–H and O–H groups in total.